The summed E-state index contributed by atoms with van der Waals surface area (Å²) in [4.78, 5) is 70.5. The number of carbonyl (C=O) groups is 5. The van der Waals surface area contributed by atoms with Crippen molar-refractivity contribution in [1.29, 1.82) is 0 Å². The number of fused-ring (bicyclic) bond motifs is 3. The number of allylic oxidation sites excluding steroid dienone is 1. The van der Waals surface area contributed by atoms with E-state index < -0.39 is 93.1 Å². The Morgan fingerprint density at radius 2 is 1.92 bits per heavy atom. The summed E-state index contributed by atoms with van der Waals surface area (Å²) < 4.78 is 60.8. The topological polar surface area (TPSA) is 183 Å². The summed E-state index contributed by atoms with van der Waals surface area (Å²) in [6.07, 6.45) is 1.04. The molecule has 17 heteroatoms. The van der Waals surface area contributed by atoms with Gasteiger partial charge in [0.2, 0.25) is 28.3 Å². The molecule has 4 N–H and O–H groups in total. The van der Waals surface area contributed by atoms with Crippen molar-refractivity contribution in [3.05, 3.63) is 53.6 Å². The monoisotopic (exact) mass is 746 g/mol. The first-order valence-electron chi connectivity index (χ1n) is 17.4. The number of nitrogens with one attached hydrogen (secondary N) is 4. The number of urea groups is 1. The van der Waals surface area contributed by atoms with Gasteiger partial charge in [0.05, 0.1) is 18.3 Å². The molecule has 5 aliphatic rings. The molecule has 1 saturated heterocycles. The first kappa shape index (κ1) is 37.2. The van der Waals surface area contributed by atoms with Gasteiger partial charge in [-0.05, 0) is 62.6 Å². The Balaban J connectivity index is 1.29. The van der Waals surface area contributed by atoms with E-state index in [2.05, 4.69) is 27.3 Å². The van der Waals surface area contributed by atoms with Crippen LogP contribution in [-0.4, -0.2) is 95.5 Å². The van der Waals surface area contributed by atoms with Crippen LogP contribution in [0.1, 0.15) is 75.5 Å². The van der Waals surface area contributed by atoms with E-state index in [9.17, 15) is 41.2 Å². The van der Waals surface area contributed by atoms with Crippen LogP contribution in [0.5, 0.6) is 0 Å². The molecule has 0 aromatic heterocycles. The fourth-order valence-corrected chi connectivity index (χ4v) is 8.53. The summed E-state index contributed by atoms with van der Waals surface area (Å²) in [5.74, 6) is -3.49. The number of hydrogen-bond donors (Lipinski definition) is 4. The van der Waals surface area contributed by atoms with Crippen molar-refractivity contribution in [2.24, 2.45) is 5.92 Å². The van der Waals surface area contributed by atoms with Crippen molar-refractivity contribution >= 4 is 45.9 Å². The highest BCUT2D eigenvalue weighted by molar-refractivity contribution is 7.91. The Hall–Kier alpha value is -4.54. The van der Waals surface area contributed by atoms with Gasteiger partial charge in [-0.1, -0.05) is 36.4 Å². The maximum absolute atomic E-state index is 14.1. The standard InChI is InChI=1S/C35H44F2N6O8S/c1-4-22-16-35(22,31(46)41-52(49,50)24-11-12-24)39-29(44)27-14-23-18-43(27)30(45)26(15-28(36)37)38-32(47)40-34(2,3)13-6-5-8-20-9-7-10-21-17-42(19-25(20)21)33(48)51-23/h4-5,7-10,22-24,26-28H,1,6,11-19H2,2-3H3,(H,39,44)(H,41,46)(H2,38,40,47)/b8-5+/t22-,23+,26-,27-,35+/m0/s1. The van der Waals surface area contributed by atoms with E-state index in [0.29, 0.717) is 25.7 Å². The van der Waals surface area contributed by atoms with Gasteiger partial charge in [0.1, 0.15) is 23.7 Å². The average Bonchev–Trinajstić information content (AvgIpc) is 3.95. The Morgan fingerprint density at radius 1 is 1.17 bits per heavy atom. The summed E-state index contributed by atoms with van der Waals surface area (Å²) in [5, 5.41) is 7.00. The zero-order valence-corrected chi connectivity index (χ0v) is 29.8. The molecule has 0 radical (unpaired) electrons. The highest BCUT2D eigenvalue weighted by Crippen LogP contribution is 2.45. The number of halogens is 2. The molecule has 3 heterocycles. The Kier molecular flexibility index (Phi) is 10.1. The molecule has 2 saturated carbocycles. The summed E-state index contributed by atoms with van der Waals surface area (Å²) in [7, 11) is -3.97. The van der Waals surface area contributed by atoms with Crippen LogP contribution in [0.25, 0.3) is 6.08 Å². The molecule has 52 heavy (non-hydrogen) atoms. The van der Waals surface area contributed by atoms with Gasteiger partial charge in [0, 0.05) is 30.8 Å². The van der Waals surface area contributed by atoms with E-state index in [-0.39, 0.29) is 32.5 Å². The highest BCUT2D eigenvalue weighted by atomic mass is 32.2. The fraction of sp³-hybridized carbons (Fsp3) is 0.571. The lowest BCUT2D eigenvalue weighted by atomic mass is 9.97. The van der Waals surface area contributed by atoms with Gasteiger partial charge in [0.25, 0.3) is 5.91 Å². The number of benzene rings is 1. The van der Waals surface area contributed by atoms with Gasteiger partial charge in [0.15, 0.2) is 0 Å². The van der Waals surface area contributed by atoms with Crippen molar-refractivity contribution in [2.45, 2.75) is 113 Å². The van der Waals surface area contributed by atoms with Crippen LogP contribution in [0, 0.1) is 5.92 Å². The quantitative estimate of drug-likeness (QED) is 0.293. The molecule has 14 nitrogen and oxygen atoms in total. The van der Waals surface area contributed by atoms with Gasteiger partial charge in [-0.25, -0.2) is 26.8 Å². The third-order valence-corrected chi connectivity index (χ3v) is 12.2. The second kappa shape index (κ2) is 14.1. The largest absolute Gasteiger partial charge is 0.444 e. The van der Waals surface area contributed by atoms with Crippen LogP contribution < -0.4 is 20.7 Å². The number of ether oxygens (including phenoxy) is 1. The molecule has 6 amide bonds. The first-order valence-corrected chi connectivity index (χ1v) is 19.0. The van der Waals surface area contributed by atoms with Crippen LogP contribution >= 0.6 is 0 Å². The molecule has 0 spiro atoms. The Morgan fingerprint density at radius 3 is 2.60 bits per heavy atom. The second-order valence-corrected chi connectivity index (χ2v) is 16.8. The maximum atomic E-state index is 14.1. The minimum Gasteiger partial charge on any atom is -0.444 e. The predicted molar refractivity (Wildman–Crippen MR) is 184 cm³/mol. The minimum absolute atomic E-state index is 0.0333. The number of rotatable bonds is 8. The highest BCUT2D eigenvalue weighted by Gasteiger charge is 2.62. The van der Waals surface area contributed by atoms with Crippen molar-refractivity contribution in [3.63, 3.8) is 0 Å². The Labute approximate surface area is 300 Å². The van der Waals surface area contributed by atoms with E-state index >= 15 is 0 Å². The van der Waals surface area contributed by atoms with Gasteiger partial charge in [-0.3, -0.25) is 24.0 Å². The van der Waals surface area contributed by atoms with Crippen molar-refractivity contribution in [2.75, 3.05) is 6.54 Å². The van der Waals surface area contributed by atoms with Crippen LogP contribution in [0.15, 0.2) is 36.9 Å². The summed E-state index contributed by atoms with van der Waals surface area (Å²) in [6, 6.07) is 1.67. The lowest BCUT2D eigenvalue weighted by molar-refractivity contribution is -0.141. The molecule has 282 valence electrons. The number of alkyl halides is 2. The van der Waals surface area contributed by atoms with E-state index in [4.69, 9.17) is 4.74 Å². The SMILES string of the molecule is C=C[C@H]1C[C@]1(NC(=O)[C@@H]1C[C@@H]2CN1C(=O)[C@H](CC(F)F)NC(=O)NC(C)(C)CC/C=C/c1cccc3c1CN(C3)C(=O)O2)C(=O)NS(=O)(=O)C1CC1. The van der Waals surface area contributed by atoms with Crippen LogP contribution in [-0.2, 0) is 42.2 Å². The normalized spacial score (nSPS) is 29.5. The lowest BCUT2D eigenvalue weighted by Crippen LogP contribution is -2.59. The minimum atomic E-state index is -3.97. The van der Waals surface area contributed by atoms with Crippen molar-refractivity contribution in [3.8, 4) is 0 Å². The summed E-state index contributed by atoms with van der Waals surface area (Å²) >= 11 is 0. The number of amides is 6. The Bertz CT molecular complexity index is 1800. The molecule has 4 bridgehead atoms. The van der Waals surface area contributed by atoms with E-state index in [1.807, 2.05) is 30.4 Å². The van der Waals surface area contributed by atoms with E-state index in [1.54, 1.807) is 13.8 Å². The molecule has 2 aliphatic carbocycles. The molecule has 1 aromatic rings. The molecule has 5 atom stereocenters. The van der Waals surface area contributed by atoms with Gasteiger partial charge in [-0.2, -0.15) is 0 Å². The molecule has 0 unspecified atom stereocenters. The lowest BCUT2D eigenvalue weighted by Gasteiger charge is -2.31. The summed E-state index contributed by atoms with van der Waals surface area (Å²) in [5.41, 5.74) is 0.291. The maximum Gasteiger partial charge on any atom is 0.410 e. The first-order chi connectivity index (χ1) is 24.5. The van der Waals surface area contributed by atoms with Crippen LogP contribution in [0.4, 0.5) is 18.4 Å². The second-order valence-electron chi connectivity index (χ2n) is 14.9. The van der Waals surface area contributed by atoms with Gasteiger partial charge in [-0.15, -0.1) is 6.58 Å². The van der Waals surface area contributed by atoms with E-state index in [0.717, 1.165) is 21.6 Å². The molecule has 1 aromatic carbocycles. The van der Waals surface area contributed by atoms with Gasteiger partial charge < -0.3 is 25.6 Å². The molecular weight excluding hydrogens is 702 g/mol. The van der Waals surface area contributed by atoms with E-state index in [1.165, 1.54) is 11.0 Å². The van der Waals surface area contributed by atoms with Crippen LogP contribution in [0.3, 0.4) is 0 Å². The number of nitrogens with zero attached hydrogens (tertiary/aromatic N) is 2. The number of carbonyl (C=O) groups excluding carboxylic acids is 5. The van der Waals surface area contributed by atoms with Crippen molar-refractivity contribution in [1.82, 2.24) is 30.5 Å². The fourth-order valence-electron chi connectivity index (χ4n) is 7.16. The van der Waals surface area contributed by atoms with Crippen molar-refractivity contribution < 1.29 is 45.9 Å². The number of sulfonamides is 1. The molecular formula is C35H44F2N6O8S. The third kappa shape index (κ3) is 7.93. The summed E-state index contributed by atoms with van der Waals surface area (Å²) in [6.45, 7) is 7.35. The number of hydrogen-bond acceptors (Lipinski definition) is 8. The zero-order chi connectivity index (χ0) is 37.6. The average molecular weight is 747 g/mol. The van der Waals surface area contributed by atoms with Gasteiger partial charge >= 0.3 is 12.1 Å². The third-order valence-electron chi connectivity index (χ3n) is 10.3. The molecule has 3 aliphatic heterocycles. The molecule has 6 rings (SSSR count). The predicted octanol–water partition coefficient (Wildman–Crippen LogP) is 2.69. The molecule has 3 fully saturated rings. The smallest absolute Gasteiger partial charge is 0.410 e. The zero-order valence-electron chi connectivity index (χ0n) is 29.0. The van der Waals surface area contributed by atoms with Crippen LogP contribution in [0.2, 0.25) is 0 Å².